The normalized spacial score (nSPS) is 16.5. The number of nitrogen functional groups attached to an aromatic ring is 1. The second-order valence-corrected chi connectivity index (χ2v) is 9.32. The lowest BCUT2D eigenvalue weighted by Crippen LogP contribution is -2.46. The molecule has 202 valence electrons. The van der Waals surface area contributed by atoms with Gasteiger partial charge in [-0.25, -0.2) is 35.4 Å². The largest absolute Gasteiger partial charge is 0.378 e. The number of amides is 1. The van der Waals surface area contributed by atoms with E-state index in [1.165, 1.54) is 12.4 Å². The summed E-state index contributed by atoms with van der Waals surface area (Å²) in [5, 5.41) is 8.76. The predicted molar refractivity (Wildman–Crippen MR) is 140 cm³/mol. The van der Waals surface area contributed by atoms with Crippen molar-refractivity contribution in [1.29, 1.82) is 0 Å². The molecule has 0 saturated carbocycles. The summed E-state index contributed by atoms with van der Waals surface area (Å²) in [6, 6.07) is 0. The van der Waals surface area contributed by atoms with Crippen LogP contribution in [0.15, 0.2) is 37.2 Å². The molecule has 0 atom stereocenters. The molecule has 2 aliphatic heterocycles. The zero-order valence-electron chi connectivity index (χ0n) is 21.1. The molecule has 0 unspecified atom stereocenters. The van der Waals surface area contributed by atoms with Crippen molar-refractivity contribution in [3.05, 3.63) is 48.4 Å². The molecule has 2 aliphatic rings. The van der Waals surface area contributed by atoms with Crippen molar-refractivity contribution in [3.8, 4) is 11.3 Å². The number of morpholine rings is 1. The first-order valence-corrected chi connectivity index (χ1v) is 12.6. The third-order valence-corrected chi connectivity index (χ3v) is 6.79. The quantitative estimate of drug-likeness (QED) is 0.221. The monoisotopic (exact) mass is 532 g/mol. The lowest BCUT2D eigenvalue weighted by molar-refractivity contribution is 0.0705. The minimum atomic E-state index is -0.639. The Kier molecular flexibility index (Phi) is 6.83. The number of fused-ring (bicyclic) bond motifs is 1. The topological polar surface area (TPSA) is 176 Å². The summed E-state index contributed by atoms with van der Waals surface area (Å²) in [6.45, 7) is 6.53. The van der Waals surface area contributed by atoms with Crippen LogP contribution in [-0.4, -0.2) is 103 Å². The lowest BCUT2D eigenvalue weighted by Gasteiger charge is -2.34. The number of imidazole rings is 1. The molecule has 0 aliphatic carbocycles. The number of nitrogens with two attached hydrogens (primary N) is 1. The van der Waals surface area contributed by atoms with Gasteiger partial charge in [0.25, 0.3) is 5.91 Å². The highest BCUT2D eigenvalue weighted by Gasteiger charge is 2.23. The number of anilines is 3. The third kappa shape index (κ3) is 5.27. The maximum absolute atomic E-state index is 11.5. The highest BCUT2D eigenvalue weighted by Crippen LogP contribution is 2.26. The van der Waals surface area contributed by atoms with Crippen LogP contribution < -0.4 is 21.0 Å². The van der Waals surface area contributed by atoms with E-state index in [2.05, 4.69) is 34.6 Å². The molecule has 2 saturated heterocycles. The zero-order valence-corrected chi connectivity index (χ0v) is 21.1. The molecule has 2 fully saturated rings. The maximum atomic E-state index is 11.5. The Hall–Kier alpha value is -4.47. The Morgan fingerprint density at radius 1 is 0.923 bits per heavy atom. The molecule has 15 nitrogen and oxygen atoms in total. The van der Waals surface area contributed by atoms with Gasteiger partial charge in [0.15, 0.2) is 11.5 Å². The first-order valence-electron chi connectivity index (χ1n) is 12.6. The Morgan fingerprint density at radius 2 is 1.64 bits per heavy atom. The molecule has 4 N–H and O–H groups in total. The van der Waals surface area contributed by atoms with Crippen LogP contribution in [0.5, 0.6) is 0 Å². The Balaban J connectivity index is 1.19. The maximum Gasteiger partial charge on any atom is 0.277 e. The molecule has 0 radical (unpaired) electrons. The number of nitrogens with zero attached hydrogens (tertiary/aromatic N) is 10. The lowest BCUT2D eigenvalue weighted by atomic mass is 10.2. The van der Waals surface area contributed by atoms with E-state index in [4.69, 9.17) is 25.6 Å². The smallest absolute Gasteiger partial charge is 0.277 e. The number of hydrogen-bond acceptors (Lipinski definition) is 13. The fourth-order valence-electron chi connectivity index (χ4n) is 4.71. The van der Waals surface area contributed by atoms with Crippen LogP contribution >= 0.6 is 0 Å². The third-order valence-electron chi connectivity index (χ3n) is 6.79. The summed E-state index contributed by atoms with van der Waals surface area (Å²) in [5.74, 6) is 0.937. The molecule has 4 aromatic heterocycles. The van der Waals surface area contributed by atoms with E-state index < -0.39 is 5.91 Å². The van der Waals surface area contributed by atoms with Gasteiger partial charge in [-0.2, -0.15) is 0 Å². The summed E-state index contributed by atoms with van der Waals surface area (Å²) < 4.78 is 7.57. The highest BCUT2D eigenvalue weighted by atomic mass is 16.5. The van der Waals surface area contributed by atoms with Crippen LogP contribution in [0.3, 0.4) is 0 Å². The summed E-state index contributed by atoms with van der Waals surface area (Å²) >= 11 is 0. The average Bonchev–Trinajstić information content (AvgIpc) is 3.40. The number of hydrogen-bond donors (Lipinski definition) is 3. The Labute approximate surface area is 223 Å². The van der Waals surface area contributed by atoms with Gasteiger partial charge in [-0.05, 0) is 0 Å². The van der Waals surface area contributed by atoms with Gasteiger partial charge in [0.2, 0.25) is 11.9 Å². The summed E-state index contributed by atoms with van der Waals surface area (Å²) in [4.78, 5) is 44.8. The van der Waals surface area contributed by atoms with Gasteiger partial charge in [0.05, 0.1) is 30.2 Å². The second-order valence-electron chi connectivity index (χ2n) is 9.32. The average molecular weight is 533 g/mol. The van der Waals surface area contributed by atoms with E-state index in [-0.39, 0.29) is 11.5 Å². The van der Waals surface area contributed by atoms with Crippen molar-refractivity contribution in [2.24, 2.45) is 0 Å². The molecular weight excluding hydrogens is 504 g/mol. The van der Waals surface area contributed by atoms with Crippen molar-refractivity contribution in [2.45, 2.75) is 6.54 Å². The molecule has 6 heterocycles. The Bertz CT molecular complexity index is 1450. The van der Waals surface area contributed by atoms with E-state index in [1.54, 1.807) is 17.9 Å². The SMILES string of the molecule is Nc1ncc(-c2cn3cc(CN4CCN(c5ncc(C(=O)NO)cn5)CC4)nc3c(N3CCOCC3)n2)cn1. The fraction of sp³-hybridized carbons (Fsp3) is 0.375. The number of rotatable bonds is 6. The molecular formula is C24H28N12O3. The Morgan fingerprint density at radius 3 is 2.33 bits per heavy atom. The molecule has 1 amide bonds. The molecule has 39 heavy (non-hydrogen) atoms. The van der Waals surface area contributed by atoms with Crippen molar-refractivity contribution in [1.82, 2.24) is 44.7 Å². The van der Waals surface area contributed by atoms with Gasteiger partial charge in [0, 0.05) is 88.6 Å². The van der Waals surface area contributed by atoms with Crippen LogP contribution in [0.4, 0.5) is 17.7 Å². The molecule has 6 rings (SSSR count). The van der Waals surface area contributed by atoms with Gasteiger partial charge in [-0.3, -0.25) is 14.9 Å². The summed E-state index contributed by atoms with van der Waals surface area (Å²) in [7, 11) is 0. The van der Waals surface area contributed by atoms with E-state index in [0.29, 0.717) is 25.7 Å². The first kappa shape index (κ1) is 24.8. The van der Waals surface area contributed by atoms with E-state index >= 15 is 0 Å². The summed E-state index contributed by atoms with van der Waals surface area (Å²) in [5.41, 5.74) is 10.7. The van der Waals surface area contributed by atoms with Gasteiger partial charge in [-0.15, -0.1) is 0 Å². The number of aromatic nitrogens is 7. The molecule has 0 spiro atoms. The highest BCUT2D eigenvalue weighted by molar-refractivity contribution is 5.92. The molecule has 4 aromatic rings. The fourth-order valence-corrected chi connectivity index (χ4v) is 4.71. The van der Waals surface area contributed by atoms with E-state index in [1.807, 2.05) is 16.8 Å². The minimum absolute atomic E-state index is 0.199. The van der Waals surface area contributed by atoms with E-state index in [9.17, 15) is 4.79 Å². The van der Waals surface area contributed by atoms with Crippen molar-refractivity contribution < 1.29 is 14.7 Å². The van der Waals surface area contributed by atoms with Crippen LogP contribution in [0, 0.1) is 0 Å². The number of ether oxygens (including phenoxy) is 1. The number of carbonyl (C=O) groups is 1. The van der Waals surface area contributed by atoms with Gasteiger partial charge in [-0.1, -0.05) is 0 Å². The first-order chi connectivity index (χ1) is 19.1. The van der Waals surface area contributed by atoms with Crippen LogP contribution in [-0.2, 0) is 11.3 Å². The second kappa shape index (κ2) is 10.7. The van der Waals surface area contributed by atoms with Crippen molar-refractivity contribution in [2.75, 3.05) is 68.0 Å². The predicted octanol–water partition coefficient (Wildman–Crippen LogP) is -0.164. The standard InChI is InChI=1S/C24H28N12O3/c25-23-26-9-16(10-27-23)19-15-36-14-18(30-20(36)21(31-19)34-5-7-39-8-6-34)13-33-1-3-35(4-2-33)24-28-11-17(12-29-24)22(37)32-38/h9-12,14-15,38H,1-8,13H2,(H,32,37)(H2,25,26,27). The zero-order chi connectivity index (χ0) is 26.8. The minimum Gasteiger partial charge on any atom is -0.378 e. The summed E-state index contributed by atoms with van der Waals surface area (Å²) in [6.07, 6.45) is 10.2. The number of carbonyl (C=O) groups excluding carboxylic acids is 1. The van der Waals surface area contributed by atoms with Crippen LogP contribution in [0.1, 0.15) is 16.1 Å². The number of hydroxylamine groups is 1. The number of nitrogens with one attached hydrogen (secondary N) is 1. The van der Waals surface area contributed by atoms with Crippen LogP contribution in [0.2, 0.25) is 0 Å². The molecule has 0 bridgehead atoms. The van der Waals surface area contributed by atoms with Gasteiger partial charge in [0.1, 0.15) is 0 Å². The van der Waals surface area contributed by atoms with Gasteiger partial charge >= 0.3 is 0 Å². The molecule has 15 heteroatoms. The van der Waals surface area contributed by atoms with Gasteiger partial charge < -0.3 is 24.7 Å². The van der Waals surface area contributed by atoms with Crippen molar-refractivity contribution in [3.63, 3.8) is 0 Å². The van der Waals surface area contributed by atoms with Crippen LogP contribution in [0.25, 0.3) is 16.9 Å². The number of piperazine rings is 1. The van der Waals surface area contributed by atoms with E-state index in [0.717, 1.165) is 67.7 Å². The van der Waals surface area contributed by atoms with Crippen molar-refractivity contribution >= 4 is 29.3 Å². The molecule has 0 aromatic carbocycles.